The van der Waals surface area contributed by atoms with E-state index in [4.69, 9.17) is 0 Å². The van der Waals surface area contributed by atoms with Gasteiger partial charge in [0.15, 0.2) is 0 Å². The standard InChI is InChI=1S/C14H29N3O/c1-12-6-5-9-17(10-12)14(2,3)11-16-13(18)7-8-15-4/h12,15H,5-11H2,1-4H3,(H,16,18). The maximum Gasteiger partial charge on any atom is 0.221 e. The predicted molar refractivity (Wildman–Crippen MR) is 75.6 cm³/mol. The average molecular weight is 255 g/mol. The molecule has 0 aromatic rings. The maximum absolute atomic E-state index is 11.6. The van der Waals surface area contributed by atoms with Gasteiger partial charge in [0.25, 0.3) is 0 Å². The Balaban J connectivity index is 2.36. The number of likely N-dealkylation sites (tertiary alicyclic amines) is 1. The van der Waals surface area contributed by atoms with Crippen molar-refractivity contribution in [1.29, 1.82) is 0 Å². The Morgan fingerprint density at radius 1 is 1.44 bits per heavy atom. The van der Waals surface area contributed by atoms with Gasteiger partial charge in [-0.3, -0.25) is 9.69 Å². The van der Waals surface area contributed by atoms with Crippen molar-refractivity contribution < 1.29 is 4.79 Å². The molecule has 18 heavy (non-hydrogen) atoms. The number of carbonyl (C=O) groups is 1. The van der Waals surface area contributed by atoms with Gasteiger partial charge in [-0.15, -0.1) is 0 Å². The molecule has 1 rings (SSSR count). The summed E-state index contributed by atoms with van der Waals surface area (Å²) in [4.78, 5) is 14.1. The Kier molecular flexibility index (Phi) is 6.09. The fraction of sp³-hybridized carbons (Fsp3) is 0.929. The minimum atomic E-state index is 0.0595. The van der Waals surface area contributed by atoms with Crippen molar-refractivity contribution in [2.45, 2.75) is 45.6 Å². The number of amides is 1. The summed E-state index contributed by atoms with van der Waals surface area (Å²) in [7, 11) is 1.87. The molecule has 1 saturated heterocycles. The summed E-state index contributed by atoms with van der Waals surface area (Å²) in [6.07, 6.45) is 3.17. The topological polar surface area (TPSA) is 44.4 Å². The summed E-state index contributed by atoms with van der Waals surface area (Å²) >= 11 is 0. The predicted octanol–water partition coefficient (Wildman–Crippen LogP) is 1.22. The second kappa shape index (κ2) is 7.10. The SMILES string of the molecule is CNCCC(=O)NCC(C)(C)N1CCCC(C)C1. The molecule has 0 saturated carbocycles. The van der Waals surface area contributed by atoms with Crippen molar-refractivity contribution in [3.8, 4) is 0 Å². The highest BCUT2D eigenvalue weighted by Crippen LogP contribution is 2.23. The van der Waals surface area contributed by atoms with Gasteiger partial charge in [0, 0.05) is 31.6 Å². The second-order valence-electron chi connectivity index (χ2n) is 6.14. The van der Waals surface area contributed by atoms with Crippen LogP contribution in [0, 0.1) is 5.92 Å². The van der Waals surface area contributed by atoms with E-state index in [1.165, 1.54) is 12.8 Å². The summed E-state index contributed by atoms with van der Waals surface area (Å²) < 4.78 is 0. The highest BCUT2D eigenvalue weighted by atomic mass is 16.1. The van der Waals surface area contributed by atoms with Gasteiger partial charge in [0.2, 0.25) is 5.91 Å². The monoisotopic (exact) mass is 255 g/mol. The molecule has 0 aliphatic carbocycles. The zero-order chi connectivity index (χ0) is 13.6. The largest absolute Gasteiger partial charge is 0.354 e. The molecular formula is C14H29N3O. The molecule has 0 spiro atoms. The zero-order valence-electron chi connectivity index (χ0n) is 12.4. The third kappa shape index (κ3) is 4.94. The van der Waals surface area contributed by atoms with E-state index in [2.05, 4.69) is 36.3 Å². The Labute approximate surface area is 111 Å². The van der Waals surface area contributed by atoms with Crippen LogP contribution >= 0.6 is 0 Å². The molecule has 1 amide bonds. The van der Waals surface area contributed by atoms with Gasteiger partial charge in [-0.05, 0) is 46.2 Å². The molecule has 2 N–H and O–H groups in total. The first-order valence-electron chi connectivity index (χ1n) is 7.12. The summed E-state index contributed by atoms with van der Waals surface area (Å²) in [6, 6.07) is 0. The van der Waals surface area contributed by atoms with E-state index in [1.54, 1.807) is 0 Å². The molecule has 1 fully saturated rings. The van der Waals surface area contributed by atoms with Crippen molar-refractivity contribution in [1.82, 2.24) is 15.5 Å². The second-order valence-corrected chi connectivity index (χ2v) is 6.14. The molecule has 1 aliphatic rings. The normalized spacial score (nSPS) is 21.9. The highest BCUT2D eigenvalue weighted by molar-refractivity contribution is 5.76. The molecule has 0 aromatic carbocycles. The van der Waals surface area contributed by atoms with Crippen LogP contribution in [-0.2, 0) is 4.79 Å². The summed E-state index contributed by atoms with van der Waals surface area (Å²) in [5, 5.41) is 6.04. The van der Waals surface area contributed by atoms with E-state index in [1.807, 2.05) is 7.05 Å². The Morgan fingerprint density at radius 3 is 2.78 bits per heavy atom. The Bertz CT molecular complexity index is 266. The van der Waals surface area contributed by atoms with Crippen molar-refractivity contribution in [3.63, 3.8) is 0 Å². The van der Waals surface area contributed by atoms with Crippen LogP contribution in [0.25, 0.3) is 0 Å². The molecule has 1 atom stereocenters. The van der Waals surface area contributed by atoms with Crippen LogP contribution in [-0.4, -0.2) is 49.6 Å². The van der Waals surface area contributed by atoms with Crippen LogP contribution in [0.3, 0.4) is 0 Å². The van der Waals surface area contributed by atoms with Crippen molar-refractivity contribution in [3.05, 3.63) is 0 Å². The molecule has 4 nitrogen and oxygen atoms in total. The third-order valence-corrected chi connectivity index (χ3v) is 3.83. The summed E-state index contributed by atoms with van der Waals surface area (Å²) in [6.45, 7) is 10.6. The molecule has 4 heteroatoms. The lowest BCUT2D eigenvalue weighted by molar-refractivity contribution is -0.121. The van der Waals surface area contributed by atoms with Crippen LogP contribution in [0.5, 0.6) is 0 Å². The van der Waals surface area contributed by atoms with Crippen LogP contribution in [0.15, 0.2) is 0 Å². The van der Waals surface area contributed by atoms with Gasteiger partial charge in [-0.2, -0.15) is 0 Å². The van der Waals surface area contributed by atoms with E-state index < -0.39 is 0 Å². The summed E-state index contributed by atoms with van der Waals surface area (Å²) in [5.74, 6) is 0.917. The molecule has 0 radical (unpaired) electrons. The van der Waals surface area contributed by atoms with E-state index in [9.17, 15) is 4.79 Å². The van der Waals surface area contributed by atoms with Crippen molar-refractivity contribution in [2.75, 3.05) is 33.2 Å². The molecule has 1 unspecified atom stereocenters. The van der Waals surface area contributed by atoms with Crippen molar-refractivity contribution >= 4 is 5.91 Å². The van der Waals surface area contributed by atoms with Gasteiger partial charge in [-0.25, -0.2) is 0 Å². The number of hydrogen-bond donors (Lipinski definition) is 2. The first kappa shape index (κ1) is 15.4. The first-order chi connectivity index (χ1) is 8.45. The van der Waals surface area contributed by atoms with Gasteiger partial charge < -0.3 is 10.6 Å². The molecule has 0 aromatic heterocycles. The van der Waals surface area contributed by atoms with Crippen LogP contribution in [0.2, 0.25) is 0 Å². The fourth-order valence-electron chi connectivity index (χ4n) is 2.49. The number of nitrogens with zero attached hydrogens (tertiary/aromatic N) is 1. The van der Waals surface area contributed by atoms with Crippen LogP contribution in [0.4, 0.5) is 0 Å². The number of rotatable bonds is 6. The van der Waals surface area contributed by atoms with Gasteiger partial charge >= 0.3 is 0 Å². The van der Waals surface area contributed by atoms with Crippen LogP contribution < -0.4 is 10.6 Å². The van der Waals surface area contributed by atoms with E-state index in [0.29, 0.717) is 6.42 Å². The number of carbonyl (C=O) groups excluding carboxylic acids is 1. The van der Waals surface area contributed by atoms with E-state index >= 15 is 0 Å². The lowest BCUT2D eigenvalue weighted by atomic mass is 9.93. The van der Waals surface area contributed by atoms with E-state index in [-0.39, 0.29) is 11.4 Å². The first-order valence-corrected chi connectivity index (χ1v) is 7.12. The van der Waals surface area contributed by atoms with Gasteiger partial charge in [0.05, 0.1) is 0 Å². The Hall–Kier alpha value is -0.610. The lowest BCUT2D eigenvalue weighted by Gasteiger charge is -2.43. The number of piperidine rings is 1. The molecule has 106 valence electrons. The van der Waals surface area contributed by atoms with E-state index in [0.717, 1.165) is 32.1 Å². The van der Waals surface area contributed by atoms with Gasteiger partial charge in [0.1, 0.15) is 0 Å². The molecule has 1 aliphatic heterocycles. The van der Waals surface area contributed by atoms with Crippen LogP contribution in [0.1, 0.15) is 40.0 Å². The van der Waals surface area contributed by atoms with Crippen molar-refractivity contribution in [2.24, 2.45) is 5.92 Å². The zero-order valence-corrected chi connectivity index (χ0v) is 12.4. The number of nitrogens with one attached hydrogen (secondary N) is 2. The molecular weight excluding hydrogens is 226 g/mol. The third-order valence-electron chi connectivity index (χ3n) is 3.83. The van der Waals surface area contributed by atoms with Gasteiger partial charge in [-0.1, -0.05) is 6.92 Å². The quantitative estimate of drug-likeness (QED) is 0.750. The minimum absolute atomic E-state index is 0.0595. The smallest absolute Gasteiger partial charge is 0.221 e. The highest BCUT2D eigenvalue weighted by Gasteiger charge is 2.30. The molecule has 1 heterocycles. The molecule has 0 bridgehead atoms. The summed E-state index contributed by atoms with van der Waals surface area (Å²) in [5.41, 5.74) is 0.0595. The maximum atomic E-state index is 11.6. The fourth-order valence-corrected chi connectivity index (χ4v) is 2.49. The Morgan fingerprint density at radius 2 is 2.17 bits per heavy atom. The number of hydrogen-bond acceptors (Lipinski definition) is 3. The average Bonchev–Trinajstić information content (AvgIpc) is 2.34. The minimum Gasteiger partial charge on any atom is -0.354 e. The lowest BCUT2D eigenvalue weighted by Crippen LogP contribution is -2.54.